The Labute approximate surface area is 95.2 Å². The molecule has 4 N–H and O–H groups in total. The molecule has 4 heteroatoms. The Morgan fingerprint density at radius 3 is 2.88 bits per heavy atom. The molecule has 0 spiro atoms. The Bertz CT molecular complexity index is 443. The third-order valence-electron chi connectivity index (χ3n) is 1.98. The fraction of sp³-hybridized carbons (Fsp3) is 0.250. The molecular formula is C12H15N3O. The number of hydrogen-bond donors (Lipinski definition) is 3. The van der Waals surface area contributed by atoms with E-state index in [4.69, 9.17) is 5.73 Å². The molecule has 0 heterocycles. The van der Waals surface area contributed by atoms with Gasteiger partial charge in [0, 0.05) is 12.6 Å². The number of carbonyl (C=O) groups is 1. The van der Waals surface area contributed by atoms with E-state index in [1.807, 2.05) is 25.1 Å². The fourth-order valence-corrected chi connectivity index (χ4v) is 1.20. The highest BCUT2D eigenvalue weighted by Crippen LogP contribution is 2.16. The van der Waals surface area contributed by atoms with Gasteiger partial charge in [-0.05, 0) is 24.6 Å². The number of hydrogen-bond acceptors (Lipinski definition) is 2. The Morgan fingerprint density at radius 1 is 1.50 bits per heavy atom. The van der Waals surface area contributed by atoms with Crippen molar-refractivity contribution in [1.82, 2.24) is 5.32 Å². The normalized spacial score (nSPS) is 8.94. The lowest BCUT2D eigenvalue weighted by molar-refractivity contribution is 0.254. The number of anilines is 1. The summed E-state index contributed by atoms with van der Waals surface area (Å²) in [6.45, 7) is 2.27. The van der Waals surface area contributed by atoms with Gasteiger partial charge in [0.15, 0.2) is 0 Å². The molecule has 0 saturated heterocycles. The van der Waals surface area contributed by atoms with Gasteiger partial charge in [-0.15, -0.1) is 0 Å². The third-order valence-corrected chi connectivity index (χ3v) is 1.98. The number of nitrogens with two attached hydrogens (primary N) is 1. The lowest BCUT2D eigenvalue weighted by atomic mass is 10.1. The van der Waals surface area contributed by atoms with Crippen molar-refractivity contribution in [3.05, 3.63) is 29.3 Å². The largest absolute Gasteiger partial charge is 0.341 e. The van der Waals surface area contributed by atoms with Gasteiger partial charge in [-0.2, -0.15) is 0 Å². The smallest absolute Gasteiger partial charge is 0.319 e. The van der Waals surface area contributed by atoms with Crippen LogP contribution in [0.4, 0.5) is 10.5 Å². The van der Waals surface area contributed by atoms with Crippen molar-refractivity contribution in [2.45, 2.75) is 6.92 Å². The van der Waals surface area contributed by atoms with Gasteiger partial charge in [-0.1, -0.05) is 17.9 Å². The molecule has 16 heavy (non-hydrogen) atoms. The van der Waals surface area contributed by atoms with Gasteiger partial charge in [-0.3, -0.25) is 0 Å². The molecule has 1 aromatic rings. The molecule has 0 aliphatic carbocycles. The molecule has 0 unspecified atom stereocenters. The predicted molar refractivity (Wildman–Crippen MR) is 65.2 cm³/mol. The summed E-state index contributed by atoms with van der Waals surface area (Å²) >= 11 is 0. The van der Waals surface area contributed by atoms with Crippen LogP contribution in [0.1, 0.15) is 11.1 Å². The van der Waals surface area contributed by atoms with E-state index >= 15 is 0 Å². The Hall–Kier alpha value is -1.99. The van der Waals surface area contributed by atoms with Crippen LogP contribution in [0.25, 0.3) is 0 Å². The number of nitrogens with one attached hydrogen (secondary N) is 2. The summed E-state index contributed by atoms with van der Waals surface area (Å²) in [5, 5.41) is 5.19. The van der Waals surface area contributed by atoms with Crippen LogP contribution in [0.3, 0.4) is 0 Å². The zero-order valence-electron chi connectivity index (χ0n) is 9.42. The van der Waals surface area contributed by atoms with Crippen molar-refractivity contribution in [3.63, 3.8) is 0 Å². The summed E-state index contributed by atoms with van der Waals surface area (Å²) in [4.78, 5) is 11.2. The van der Waals surface area contributed by atoms with Gasteiger partial charge in [0.25, 0.3) is 0 Å². The minimum absolute atomic E-state index is 0.264. The van der Waals surface area contributed by atoms with Crippen LogP contribution in [0.5, 0.6) is 0 Å². The molecule has 1 rings (SSSR count). The summed E-state index contributed by atoms with van der Waals surface area (Å²) in [5.41, 5.74) is 7.86. The molecular weight excluding hydrogens is 202 g/mol. The van der Waals surface area contributed by atoms with Crippen molar-refractivity contribution in [2.75, 3.05) is 18.9 Å². The van der Waals surface area contributed by atoms with Crippen LogP contribution in [-0.2, 0) is 0 Å². The van der Waals surface area contributed by atoms with E-state index in [1.165, 1.54) is 0 Å². The highest BCUT2D eigenvalue weighted by molar-refractivity contribution is 5.90. The van der Waals surface area contributed by atoms with Crippen molar-refractivity contribution < 1.29 is 4.79 Å². The zero-order valence-corrected chi connectivity index (χ0v) is 9.42. The monoisotopic (exact) mass is 217 g/mol. The van der Waals surface area contributed by atoms with Gasteiger partial charge in [0.2, 0.25) is 0 Å². The molecule has 0 aromatic heterocycles. The summed E-state index contributed by atoms with van der Waals surface area (Å²) in [6.07, 6.45) is 0. The maximum absolute atomic E-state index is 11.2. The lowest BCUT2D eigenvalue weighted by Crippen LogP contribution is -2.24. The summed E-state index contributed by atoms with van der Waals surface area (Å²) in [6, 6.07) is 5.39. The lowest BCUT2D eigenvalue weighted by Gasteiger charge is -2.07. The molecule has 1 aromatic carbocycles. The molecule has 0 saturated carbocycles. The van der Waals surface area contributed by atoms with E-state index < -0.39 is 0 Å². The first-order valence-corrected chi connectivity index (χ1v) is 4.95. The number of rotatable bonds is 1. The highest BCUT2D eigenvalue weighted by Gasteiger charge is 2.03. The first-order chi connectivity index (χ1) is 7.67. The van der Waals surface area contributed by atoms with Crippen LogP contribution in [0, 0.1) is 18.8 Å². The zero-order chi connectivity index (χ0) is 12.0. The topological polar surface area (TPSA) is 67.2 Å². The molecule has 4 nitrogen and oxygen atoms in total. The second-order valence-electron chi connectivity index (χ2n) is 3.26. The molecule has 0 bridgehead atoms. The van der Waals surface area contributed by atoms with Crippen molar-refractivity contribution >= 4 is 11.7 Å². The Balaban J connectivity index is 3.02. The van der Waals surface area contributed by atoms with E-state index in [0.717, 1.165) is 11.1 Å². The molecule has 0 radical (unpaired) electrons. The third kappa shape index (κ3) is 3.30. The van der Waals surface area contributed by atoms with Crippen LogP contribution in [0.15, 0.2) is 18.2 Å². The maximum atomic E-state index is 11.2. The molecule has 0 fully saturated rings. The molecule has 2 amide bonds. The standard InChI is InChI=1S/C12H15N3O/c1-9-5-6-11(15-12(16)14-2)10(8-9)4-3-7-13/h5-6,8H,7,13H2,1-2H3,(H2,14,15,16). The minimum Gasteiger partial charge on any atom is -0.341 e. The number of urea groups is 1. The summed E-state index contributed by atoms with van der Waals surface area (Å²) in [7, 11) is 1.56. The first kappa shape index (κ1) is 12.1. The minimum atomic E-state index is -0.264. The van der Waals surface area contributed by atoms with Crippen molar-refractivity contribution in [3.8, 4) is 11.8 Å². The van der Waals surface area contributed by atoms with E-state index in [9.17, 15) is 4.79 Å². The first-order valence-electron chi connectivity index (χ1n) is 4.95. The highest BCUT2D eigenvalue weighted by atomic mass is 16.2. The number of aryl methyl sites for hydroxylation is 1. The maximum Gasteiger partial charge on any atom is 0.319 e. The van der Waals surface area contributed by atoms with Crippen LogP contribution in [-0.4, -0.2) is 19.6 Å². The second kappa shape index (κ2) is 5.79. The average Bonchev–Trinajstić information content (AvgIpc) is 2.29. The molecule has 0 atom stereocenters. The summed E-state index contributed by atoms with van der Waals surface area (Å²) in [5.74, 6) is 5.70. The number of amides is 2. The quantitative estimate of drug-likeness (QED) is 0.616. The van der Waals surface area contributed by atoms with E-state index in [1.54, 1.807) is 7.05 Å². The number of carbonyl (C=O) groups excluding carboxylic acids is 1. The molecule has 84 valence electrons. The Kier molecular flexibility index (Phi) is 4.37. The molecule has 0 aliphatic heterocycles. The average molecular weight is 217 g/mol. The fourth-order valence-electron chi connectivity index (χ4n) is 1.20. The van der Waals surface area contributed by atoms with Gasteiger partial charge in [-0.25, -0.2) is 4.79 Å². The van der Waals surface area contributed by atoms with Crippen LogP contribution >= 0.6 is 0 Å². The second-order valence-corrected chi connectivity index (χ2v) is 3.26. The van der Waals surface area contributed by atoms with Gasteiger partial charge >= 0.3 is 6.03 Å². The predicted octanol–water partition coefficient (Wildman–Crippen LogP) is 1.06. The van der Waals surface area contributed by atoms with E-state index in [-0.39, 0.29) is 6.03 Å². The van der Waals surface area contributed by atoms with Gasteiger partial charge in [0.05, 0.1) is 12.2 Å². The molecule has 0 aliphatic rings. The van der Waals surface area contributed by atoms with Crippen molar-refractivity contribution in [2.24, 2.45) is 5.73 Å². The van der Waals surface area contributed by atoms with Gasteiger partial charge in [0.1, 0.15) is 0 Å². The Morgan fingerprint density at radius 2 is 2.25 bits per heavy atom. The van der Waals surface area contributed by atoms with Crippen molar-refractivity contribution in [1.29, 1.82) is 0 Å². The van der Waals surface area contributed by atoms with Gasteiger partial charge < -0.3 is 16.4 Å². The van der Waals surface area contributed by atoms with Crippen LogP contribution < -0.4 is 16.4 Å². The van der Waals surface area contributed by atoms with Crippen LogP contribution in [0.2, 0.25) is 0 Å². The number of benzene rings is 1. The SMILES string of the molecule is CNC(=O)Nc1ccc(C)cc1C#CCN. The summed E-state index contributed by atoms with van der Waals surface area (Å²) < 4.78 is 0. The van der Waals surface area contributed by atoms with E-state index in [0.29, 0.717) is 12.2 Å². The van der Waals surface area contributed by atoms with E-state index in [2.05, 4.69) is 22.5 Å².